The first kappa shape index (κ1) is 26.5. The fraction of sp³-hybridized carbons (Fsp3) is 0.538. The number of hydrogen-bond acceptors (Lipinski definition) is 5. The molecule has 0 N–H and O–H groups in total. The molecule has 0 bridgehead atoms. The number of aromatic nitrogens is 1. The van der Waals surface area contributed by atoms with Gasteiger partial charge in [-0.15, -0.1) is 0 Å². The molecule has 2 aromatic rings. The van der Waals surface area contributed by atoms with Crippen LogP contribution in [0.25, 0.3) is 0 Å². The zero-order valence-corrected chi connectivity index (χ0v) is 22.1. The number of carbonyl (C=O) groups excluding carboxylic acids is 1. The number of morpholine rings is 1. The van der Waals surface area contributed by atoms with Crippen molar-refractivity contribution in [1.82, 2.24) is 14.8 Å². The minimum Gasteiger partial charge on any atom is -0.478 e. The molecule has 4 rings (SSSR count). The summed E-state index contributed by atoms with van der Waals surface area (Å²) in [4.78, 5) is 21.7. The van der Waals surface area contributed by atoms with Gasteiger partial charge in [-0.05, 0) is 55.5 Å². The van der Waals surface area contributed by atoms with E-state index in [1.165, 1.54) is 0 Å². The average Bonchev–Trinajstić information content (AvgIpc) is 3.29. The summed E-state index contributed by atoms with van der Waals surface area (Å²) in [6.45, 7) is 6.53. The largest absolute Gasteiger partial charge is 0.478 e. The smallest absolute Gasteiger partial charge is 0.222 e. The third kappa shape index (κ3) is 7.70. The number of ether oxygens (including phenoxy) is 2. The van der Waals surface area contributed by atoms with Crippen molar-refractivity contribution in [2.24, 2.45) is 5.92 Å². The van der Waals surface area contributed by atoms with Crippen LogP contribution in [0.5, 0.6) is 5.88 Å². The Morgan fingerprint density at radius 2 is 1.89 bits per heavy atom. The van der Waals surface area contributed by atoms with Gasteiger partial charge in [0.2, 0.25) is 11.8 Å². The summed E-state index contributed by atoms with van der Waals surface area (Å²) in [7, 11) is 0. The average molecular weight is 541 g/mol. The second kappa shape index (κ2) is 13.1. The summed E-state index contributed by atoms with van der Waals surface area (Å²) in [6.07, 6.45) is 4.89. The van der Waals surface area contributed by atoms with Crippen molar-refractivity contribution in [3.8, 4) is 5.88 Å². The molecule has 1 aromatic carbocycles. The zero-order valence-electron chi connectivity index (χ0n) is 19.8. The van der Waals surface area contributed by atoms with E-state index in [2.05, 4.69) is 9.88 Å². The first-order valence-corrected chi connectivity index (χ1v) is 13.4. The predicted octanol–water partition coefficient (Wildman–Crippen LogP) is 5.56. The molecular weight excluding hydrogens is 509 g/mol. The molecule has 1 amide bonds. The normalized spacial score (nSPS) is 20.8. The first-order valence-electron chi connectivity index (χ1n) is 12.3. The van der Waals surface area contributed by atoms with Gasteiger partial charge in [0.15, 0.2) is 0 Å². The number of pyridine rings is 1. The molecule has 2 aliphatic heterocycles. The number of halogens is 3. The molecule has 3 heterocycles. The van der Waals surface area contributed by atoms with E-state index in [9.17, 15) is 4.79 Å². The van der Waals surface area contributed by atoms with Gasteiger partial charge in [-0.2, -0.15) is 0 Å². The minimum absolute atomic E-state index is 0.184. The van der Waals surface area contributed by atoms with Crippen LogP contribution >= 0.6 is 34.8 Å². The van der Waals surface area contributed by atoms with Crippen LogP contribution in [0.3, 0.4) is 0 Å². The van der Waals surface area contributed by atoms with E-state index in [1.807, 2.05) is 23.1 Å². The van der Waals surface area contributed by atoms with Gasteiger partial charge in [-0.25, -0.2) is 4.98 Å². The van der Waals surface area contributed by atoms with Gasteiger partial charge in [0, 0.05) is 50.8 Å². The first-order chi connectivity index (χ1) is 17.0. The van der Waals surface area contributed by atoms with Crippen LogP contribution in [0.2, 0.25) is 15.1 Å². The number of benzene rings is 1. The number of amides is 1. The van der Waals surface area contributed by atoms with Crippen LogP contribution in [0.15, 0.2) is 36.5 Å². The third-order valence-corrected chi connectivity index (χ3v) is 7.79. The molecule has 6 nitrogen and oxygen atoms in total. The van der Waals surface area contributed by atoms with Crippen LogP contribution in [-0.2, 0) is 9.53 Å². The lowest BCUT2D eigenvalue weighted by molar-refractivity contribution is -0.130. The summed E-state index contributed by atoms with van der Waals surface area (Å²) in [5.74, 6) is 1.21. The molecule has 2 saturated heterocycles. The van der Waals surface area contributed by atoms with Crippen molar-refractivity contribution in [3.63, 3.8) is 0 Å². The van der Waals surface area contributed by atoms with Crippen LogP contribution in [0, 0.1) is 5.92 Å². The van der Waals surface area contributed by atoms with Crippen LogP contribution in [0.4, 0.5) is 0 Å². The predicted molar refractivity (Wildman–Crippen MR) is 140 cm³/mol. The highest BCUT2D eigenvalue weighted by Crippen LogP contribution is 2.37. The number of hydrogen-bond donors (Lipinski definition) is 0. The highest BCUT2D eigenvalue weighted by Gasteiger charge is 2.36. The molecule has 2 fully saturated rings. The quantitative estimate of drug-likeness (QED) is 0.370. The SMILES string of the molecule is O=C(CCCCN1CCOCC1)N1CC(CCOc2ccc(Cl)cn2)C(c2ccc(Cl)c(Cl)c2)C1. The van der Waals surface area contributed by atoms with E-state index >= 15 is 0 Å². The highest BCUT2D eigenvalue weighted by atomic mass is 35.5. The zero-order chi connectivity index (χ0) is 24.6. The van der Waals surface area contributed by atoms with Gasteiger partial charge < -0.3 is 14.4 Å². The highest BCUT2D eigenvalue weighted by molar-refractivity contribution is 6.42. The number of likely N-dealkylation sites (tertiary alicyclic amines) is 1. The lowest BCUT2D eigenvalue weighted by Crippen LogP contribution is -2.37. The number of unbranched alkanes of at least 4 members (excludes halogenated alkanes) is 1. The molecule has 190 valence electrons. The van der Waals surface area contributed by atoms with Gasteiger partial charge in [-0.3, -0.25) is 9.69 Å². The van der Waals surface area contributed by atoms with Crippen molar-refractivity contribution < 1.29 is 14.3 Å². The Kier molecular flexibility index (Phi) is 9.92. The number of nitrogens with zero attached hydrogens (tertiary/aromatic N) is 3. The summed E-state index contributed by atoms with van der Waals surface area (Å²) >= 11 is 18.4. The molecule has 2 unspecified atom stereocenters. The number of carbonyl (C=O) groups is 1. The van der Waals surface area contributed by atoms with Crippen molar-refractivity contribution in [2.45, 2.75) is 31.6 Å². The summed E-state index contributed by atoms with van der Waals surface area (Å²) in [5.41, 5.74) is 1.11. The summed E-state index contributed by atoms with van der Waals surface area (Å²) < 4.78 is 11.3. The fourth-order valence-corrected chi connectivity index (χ4v) is 5.26. The van der Waals surface area contributed by atoms with E-state index in [-0.39, 0.29) is 17.7 Å². The van der Waals surface area contributed by atoms with Crippen LogP contribution < -0.4 is 4.74 Å². The molecule has 35 heavy (non-hydrogen) atoms. The minimum atomic E-state index is 0.184. The maximum absolute atomic E-state index is 13.1. The lowest BCUT2D eigenvalue weighted by atomic mass is 9.87. The van der Waals surface area contributed by atoms with E-state index < -0.39 is 0 Å². The Labute approximate surface area is 222 Å². The second-order valence-corrected chi connectivity index (χ2v) is 10.5. The standard InChI is InChI=1S/C26H32Cl3N3O3/c27-21-5-7-25(30-16-21)35-12-8-20-17-32(18-22(20)19-4-6-23(28)24(29)15-19)26(33)3-1-2-9-31-10-13-34-14-11-31/h4-7,15-16,20,22H,1-3,8-14,17-18H2. The third-order valence-electron chi connectivity index (χ3n) is 6.82. The topological polar surface area (TPSA) is 54.9 Å². The van der Waals surface area contributed by atoms with Crippen molar-refractivity contribution >= 4 is 40.7 Å². The fourth-order valence-electron chi connectivity index (χ4n) is 4.85. The Morgan fingerprint density at radius 1 is 1.06 bits per heavy atom. The van der Waals surface area contributed by atoms with Gasteiger partial charge in [0.1, 0.15) is 0 Å². The summed E-state index contributed by atoms with van der Waals surface area (Å²) in [6, 6.07) is 9.31. The number of rotatable bonds is 10. The van der Waals surface area contributed by atoms with Gasteiger partial charge in [0.25, 0.3) is 0 Å². The molecular formula is C26H32Cl3N3O3. The maximum Gasteiger partial charge on any atom is 0.222 e. The molecule has 0 radical (unpaired) electrons. The summed E-state index contributed by atoms with van der Waals surface area (Å²) in [5, 5.41) is 1.65. The molecule has 0 spiro atoms. The van der Waals surface area contributed by atoms with Crippen molar-refractivity contribution in [2.75, 3.05) is 52.5 Å². The molecule has 9 heteroatoms. The van der Waals surface area contributed by atoms with Gasteiger partial charge in [-0.1, -0.05) is 40.9 Å². The van der Waals surface area contributed by atoms with Crippen LogP contribution in [-0.4, -0.2) is 73.2 Å². The maximum atomic E-state index is 13.1. The molecule has 2 atom stereocenters. The molecule has 1 aromatic heterocycles. The Bertz CT molecular complexity index is 970. The Morgan fingerprint density at radius 3 is 2.63 bits per heavy atom. The molecule has 2 aliphatic rings. The lowest BCUT2D eigenvalue weighted by Gasteiger charge is -2.26. The Hall–Kier alpha value is -1.57. The second-order valence-electron chi connectivity index (χ2n) is 9.20. The van der Waals surface area contributed by atoms with Crippen molar-refractivity contribution in [3.05, 3.63) is 57.2 Å². The molecule has 0 saturated carbocycles. The van der Waals surface area contributed by atoms with E-state index in [0.29, 0.717) is 47.1 Å². The van der Waals surface area contributed by atoms with Crippen molar-refractivity contribution in [1.29, 1.82) is 0 Å². The van der Waals surface area contributed by atoms with Gasteiger partial charge >= 0.3 is 0 Å². The van der Waals surface area contributed by atoms with E-state index in [0.717, 1.165) is 57.7 Å². The van der Waals surface area contributed by atoms with Gasteiger partial charge in [0.05, 0.1) is 34.9 Å². The Balaban J connectivity index is 1.32. The molecule has 0 aliphatic carbocycles. The van der Waals surface area contributed by atoms with E-state index in [4.69, 9.17) is 44.3 Å². The van der Waals surface area contributed by atoms with E-state index in [1.54, 1.807) is 18.3 Å². The monoisotopic (exact) mass is 539 g/mol. The van der Waals surface area contributed by atoms with Crippen LogP contribution in [0.1, 0.15) is 37.2 Å².